The van der Waals surface area contributed by atoms with Crippen LogP contribution in [0.5, 0.6) is 11.6 Å². The predicted octanol–water partition coefficient (Wildman–Crippen LogP) is 1.75. The fraction of sp³-hybridized carbons (Fsp3) is 0.0833. The van der Waals surface area contributed by atoms with E-state index in [0.717, 1.165) is 0 Å². The van der Waals surface area contributed by atoms with Crippen molar-refractivity contribution >= 4 is 22.9 Å². The van der Waals surface area contributed by atoms with E-state index < -0.39 is 0 Å². The third-order valence-corrected chi connectivity index (χ3v) is 2.97. The van der Waals surface area contributed by atoms with Gasteiger partial charge in [-0.25, -0.2) is 14.3 Å². The SMILES string of the molecule is Cc1nc(Oc2cc(Cl)ccc2N)cc2n[nH]c(=O)n12. The van der Waals surface area contributed by atoms with E-state index >= 15 is 0 Å². The highest BCUT2D eigenvalue weighted by molar-refractivity contribution is 6.30. The number of hydrogen-bond donors (Lipinski definition) is 2. The van der Waals surface area contributed by atoms with Gasteiger partial charge in [-0.15, -0.1) is 0 Å². The number of nitrogens with zero attached hydrogens (tertiary/aromatic N) is 3. The number of rotatable bonds is 2. The molecule has 0 bridgehead atoms. The molecule has 0 saturated carbocycles. The summed E-state index contributed by atoms with van der Waals surface area (Å²) in [4.78, 5) is 15.7. The quantitative estimate of drug-likeness (QED) is 0.701. The first kappa shape index (κ1) is 12.5. The Bertz CT molecular complexity index is 855. The summed E-state index contributed by atoms with van der Waals surface area (Å²) in [6, 6.07) is 6.43. The van der Waals surface area contributed by atoms with Crippen molar-refractivity contribution in [3.05, 3.63) is 45.6 Å². The smallest absolute Gasteiger partial charge is 0.349 e. The van der Waals surface area contributed by atoms with Crippen molar-refractivity contribution in [3.8, 4) is 11.6 Å². The van der Waals surface area contributed by atoms with Crippen molar-refractivity contribution in [2.45, 2.75) is 6.92 Å². The molecule has 8 heteroatoms. The Hall–Kier alpha value is -2.54. The second-order valence-electron chi connectivity index (χ2n) is 4.15. The van der Waals surface area contributed by atoms with Crippen molar-refractivity contribution in [3.63, 3.8) is 0 Å². The van der Waals surface area contributed by atoms with Crippen LogP contribution in [0.1, 0.15) is 5.82 Å². The van der Waals surface area contributed by atoms with Crippen LogP contribution in [0.2, 0.25) is 5.02 Å². The average molecular weight is 292 g/mol. The number of anilines is 1. The molecule has 2 heterocycles. The van der Waals surface area contributed by atoms with Crippen LogP contribution in [0, 0.1) is 6.92 Å². The molecular formula is C12H10ClN5O2. The number of nitrogens with one attached hydrogen (secondary N) is 1. The molecule has 20 heavy (non-hydrogen) atoms. The van der Waals surface area contributed by atoms with Gasteiger partial charge >= 0.3 is 5.69 Å². The minimum atomic E-state index is -0.348. The number of fused-ring (bicyclic) bond motifs is 1. The summed E-state index contributed by atoms with van der Waals surface area (Å²) in [7, 11) is 0. The Labute approximate surface area is 118 Å². The summed E-state index contributed by atoms with van der Waals surface area (Å²) in [6.07, 6.45) is 0. The number of nitrogen functional groups attached to an aromatic ring is 1. The lowest BCUT2D eigenvalue weighted by molar-refractivity contribution is 0.462. The Morgan fingerprint density at radius 2 is 2.20 bits per heavy atom. The average Bonchev–Trinajstić information content (AvgIpc) is 2.76. The first-order valence-electron chi connectivity index (χ1n) is 5.72. The normalized spacial score (nSPS) is 10.9. The largest absolute Gasteiger partial charge is 0.437 e. The van der Waals surface area contributed by atoms with Crippen molar-refractivity contribution in [1.29, 1.82) is 0 Å². The number of ether oxygens (including phenoxy) is 1. The molecule has 0 atom stereocenters. The van der Waals surface area contributed by atoms with E-state index in [1.807, 2.05) is 0 Å². The maximum atomic E-state index is 11.5. The zero-order valence-electron chi connectivity index (χ0n) is 10.4. The summed E-state index contributed by atoms with van der Waals surface area (Å²) in [5.41, 5.74) is 6.31. The molecule has 0 aliphatic heterocycles. The molecule has 3 aromatic rings. The minimum absolute atomic E-state index is 0.281. The lowest BCUT2D eigenvalue weighted by Gasteiger charge is -2.08. The van der Waals surface area contributed by atoms with Gasteiger partial charge in [0, 0.05) is 17.2 Å². The zero-order valence-corrected chi connectivity index (χ0v) is 11.2. The topological polar surface area (TPSA) is 98.3 Å². The summed E-state index contributed by atoms with van der Waals surface area (Å²) in [5, 5.41) is 6.72. The molecule has 2 aromatic heterocycles. The van der Waals surface area contributed by atoms with E-state index in [1.54, 1.807) is 25.1 Å². The molecule has 0 spiro atoms. The molecule has 0 saturated heterocycles. The second kappa shape index (κ2) is 4.53. The Balaban J connectivity index is 2.07. The van der Waals surface area contributed by atoms with Crippen molar-refractivity contribution in [1.82, 2.24) is 19.6 Å². The van der Waals surface area contributed by atoms with E-state index in [4.69, 9.17) is 22.1 Å². The number of aryl methyl sites for hydroxylation is 1. The van der Waals surface area contributed by atoms with Gasteiger partial charge in [-0.2, -0.15) is 10.1 Å². The number of aromatic nitrogens is 4. The Morgan fingerprint density at radius 3 is 3.00 bits per heavy atom. The molecule has 3 rings (SSSR count). The van der Waals surface area contributed by atoms with Crippen molar-refractivity contribution in [2.24, 2.45) is 0 Å². The lowest BCUT2D eigenvalue weighted by Crippen LogP contribution is -2.13. The summed E-state index contributed by atoms with van der Waals surface area (Å²) in [5.74, 6) is 1.13. The van der Waals surface area contributed by atoms with Gasteiger partial charge in [0.2, 0.25) is 5.88 Å². The molecule has 0 amide bonds. The van der Waals surface area contributed by atoms with Crippen LogP contribution in [0.25, 0.3) is 5.65 Å². The van der Waals surface area contributed by atoms with Crippen molar-refractivity contribution in [2.75, 3.05) is 5.73 Å². The highest BCUT2D eigenvalue weighted by Gasteiger charge is 2.10. The van der Waals surface area contributed by atoms with Gasteiger partial charge in [-0.05, 0) is 19.1 Å². The van der Waals surface area contributed by atoms with E-state index in [-0.39, 0.29) is 11.6 Å². The molecule has 0 aliphatic carbocycles. The van der Waals surface area contributed by atoms with Crippen LogP contribution >= 0.6 is 11.6 Å². The molecule has 102 valence electrons. The number of halogens is 1. The van der Waals surface area contributed by atoms with E-state index in [1.165, 1.54) is 10.5 Å². The van der Waals surface area contributed by atoms with E-state index in [2.05, 4.69) is 15.2 Å². The molecule has 0 aliphatic rings. The monoisotopic (exact) mass is 291 g/mol. The van der Waals surface area contributed by atoms with Crippen LogP contribution in [-0.2, 0) is 0 Å². The van der Waals surface area contributed by atoms with Crippen LogP contribution in [-0.4, -0.2) is 19.6 Å². The van der Waals surface area contributed by atoms with Crippen LogP contribution < -0.4 is 16.2 Å². The Morgan fingerprint density at radius 1 is 1.40 bits per heavy atom. The molecule has 0 fully saturated rings. The highest BCUT2D eigenvalue weighted by atomic mass is 35.5. The van der Waals surface area contributed by atoms with Gasteiger partial charge in [0.1, 0.15) is 5.82 Å². The van der Waals surface area contributed by atoms with Gasteiger partial charge in [0.25, 0.3) is 0 Å². The molecular weight excluding hydrogens is 282 g/mol. The van der Waals surface area contributed by atoms with Crippen LogP contribution in [0.4, 0.5) is 5.69 Å². The summed E-state index contributed by atoms with van der Waals surface area (Å²) in [6.45, 7) is 1.68. The third-order valence-electron chi connectivity index (χ3n) is 2.74. The van der Waals surface area contributed by atoms with E-state index in [9.17, 15) is 4.79 Å². The number of aromatic amines is 1. The fourth-order valence-electron chi connectivity index (χ4n) is 1.83. The molecule has 1 aromatic carbocycles. The maximum Gasteiger partial charge on any atom is 0.349 e. The van der Waals surface area contributed by atoms with Gasteiger partial charge in [0.05, 0.1) is 5.69 Å². The number of H-pyrrole nitrogens is 1. The number of nitrogens with two attached hydrogens (primary N) is 1. The first-order valence-corrected chi connectivity index (χ1v) is 6.10. The zero-order chi connectivity index (χ0) is 14.3. The minimum Gasteiger partial charge on any atom is -0.437 e. The molecule has 0 unspecified atom stereocenters. The van der Waals surface area contributed by atoms with Crippen LogP contribution in [0.15, 0.2) is 29.1 Å². The highest BCUT2D eigenvalue weighted by Crippen LogP contribution is 2.29. The standard InChI is InChI=1S/C12H10ClN5O2/c1-6-15-11(5-10-16-17-12(19)18(6)10)20-9-4-7(13)2-3-8(9)14/h2-5H,14H2,1H3,(H,17,19). The molecule has 3 N–H and O–H groups in total. The van der Waals surface area contributed by atoms with Gasteiger partial charge in [-0.3, -0.25) is 0 Å². The van der Waals surface area contributed by atoms with Crippen molar-refractivity contribution < 1.29 is 4.74 Å². The molecule has 0 radical (unpaired) electrons. The molecule has 7 nitrogen and oxygen atoms in total. The Kier molecular flexibility index (Phi) is 2.83. The van der Waals surface area contributed by atoms with Gasteiger partial charge < -0.3 is 10.5 Å². The first-order chi connectivity index (χ1) is 9.54. The number of hydrogen-bond acceptors (Lipinski definition) is 5. The van der Waals surface area contributed by atoms with Crippen LogP contribution in [0.3, 0.4) is 0 Å². The number of benzene rings is 1. The second-order valence-corrected chi connectivity index (χ2v) is 4.58. The van der Waals surface area contributed by atoms with Gasteiger partial charge in [-0.1, -0.05) is 11.6 Å². The summed E-state index contributed by atoms with van der Waals surface area (Å²) < 4.78 is 6.94. The maximum absolute atomic E-state index is 11.5. The third kappa shape index (κ3) is 2.08. The fourth-order valence-corrected chi connectivity index (χ4v) is 1.99. The lowest BCUT2D eigenvalue weighted by atomic mass is 10.3. The predicted molar refractivity (Wildman–Crippen MR) is 74.3 cm³/mol. The van der Waals surface area contributed by atoms with E-state index in [0.29, 0.717) is 27.9 Å². The summed E-state index contributed by atoms with van der Waals surface area (Å²) >= 11 is 5.89. The van der Waals surface area contributed by atoms with Gasteiger partial charge in [0.15, 0.2) is 11.4 Å².